The molecule has 0 aliphatic heterocycles. The molecule has 96 valence electrons. The molecule has 3 aromatic carbocycles. The van der Waals surface area contributed by atoms with Crippen molar-refractivity contribution >= 4 is 28.6 Å². The Morgan fingerprint density at radius 2 is 1.80 bits per heavy atom. The van der Waals surface area contributed by atoms with E-state index in [2.05, 4.69) is 43.3 Å². The Kier molecular flexibility index (Phi) is 3.15. The molecular weight excluding hydrogens is 242 g/mol. The molecule has 0 aromatic heterocycles. The predicted octanol–water partition coefficient (Wildman–Crippen LogP) is 4.50. The minimum absolute atomic E-state index is 0.776. The number of rotatable bonds is 2. The highest BCUT2D eigenvalue weighted by Crippen LogP contribution is 2.20. The van der Waals surface area contributed by atoms with Gasteiger partial charge in [-0.25, -0.2) is 0 Å². The molecule has 20 heavy (non-hydrogen) atoms. The third-order valence-corrected chi connectivity index (χ3v) is 3.41. The van der Waals surface area contributed by atoms with Gasteiger partial charge < -0.3 is 5.73 Å². The summed E-state index contributed by atoms with van der Waals surface area (Å²) in [6, 6.07) is 22.5. The quantitative estimate of drug-likeness (QED) is 0.672. The van der Waals surface area contributed by atoms with E-state index in [0.29, 0.717) is 0 Å². The SMILES string of the molecule is Cc1ccccc1/C=C\c1c#cc2cccc(N)c2c1. The highest BCUT2D eigenvalue weighted by Gasteiger charge is 1.97. The summed E-state index contributed by atoms with van der Waals surface area (Å²) in [5.74, 6) is 0. The van der Waals surface area contributed by atoms with Crippen LogP contribution in [0.4, 0.5) is 5.69 Å². The summed E-state index contributed by atoms with van der Waals surface area (Å²) in [4.78, 5) is 0. The van der Waals surface area contributed by atoms with Gasteiger partial charge in [0.2, 0.25) is 0 Å². The molecule has 1 heteroatoms. The summed E-state index contributed by atoms with van der Waals surface area (Å²) in [6.07, 6.45) is 4.14. The van der Waals surface area contributed by atoms with Gasteiger partial charge in [0.15, 0.2) is 0 Å². The zero-order chi connectivity index (χ0) is 13.9. The molecule has 0 fully saturated rings. The van der Waals surface area contributed by atoms with E-state index in [9.17, 15) is 0 Å². The van der Waals surface area contributed by atoms with Crippen LogP contribution in [0.5, 0.6) is 0 Å². The van der Waals surface area contributed by atoms with Gasteiger partial charge in [-0.15, -0.1) is 0 Å². The second-order valence-corrected chi connectivity index (χ2v) is 4.85. The molecule has 0 saturated carbocycles. The van der Waals surface area contributed by atoms with Crippen LogP contribution < -0.4 is 5.73 Å². The molecule has 3 aromatic rings. The molecule has 0 aliphatic rings. The first kappa shape index (κ1) is 12.3. The van der Waals surface area contributed by atoms with Crippen LogP contribution in [0.1, 0.15) is 16.7 Å². The van der Waals surface area contributed by atoms with E-state index in [-0.39, 0.29) is 0 Å². The Labute approximate surface area is 119 Å². The van der Waals surface area contributed by atoms with E-state index in [1.165, 1.54) is 11.1 Å². The molecule has 0 radical (unpaired) electrons. The zero-order valence-corrected chi connectivity index (χ0v) is 11.4. The normalized spacial score (nSPS) is 10.8. The molecule has 0 unspecified atom stereocenters. The third kappa shape index (κ3) is 2.37. The molecule has 0 spiro atoms. The molecule has 0 amide bonds. The number of hydrogen-bond acceptors (Lipinski definition) is 1. The van der Waals surface area contributed by atoms with Crippen LogP contribution in [-0.2, 0) is 0 Å². The number of aryl methyl sites for hydroxylation is 1. The van der Waals surface area contributed by atoms with Crippen molar-refractivity contribution in [3.8, 4) is 0 Å². The summed E-state index contributed by atoms with van der Waals surface area (Å²) in [7, 11) is 0. The first-order valence-corrected chi connectivity index (χ1v) is 6.60. The number of anilines is 1. The third-order valence-electron chi connectivity index (χ3n) is 3.41. The van der Waals surface area contributed by atoms with Crippen LogP contribution in [0.25, 0.3) is 22.9 Å². The van der Waals surface area contributed by atoms with Crippen molar-refractivity contribution in [1.29, 1.82) is 0 Å². The molecule has 1 nitrogen and oxygen atoms in total. The molecule has 0 aliphatic carbocycles. The Balaban J connectivity index is 1.99. The van der Waals surface area contributed by atoms with Crippen LogP contribution in [0.3, 0.4) is 0 Å². The lowest BCUT2D eigenvalue weighted by Gasteiger charge is -2.00. The van der Waals surface area contributed by atoms with E-state index in [4.69, 9.17) is 5.73 Å². The van der Waals surface area contributed by atoms with Crippen LogP contribution in [0, 0.1) is 19.1 Å². The summed E-state index contributed by atoms with van der Waals surface area (Å²) in [6.45, 7) is 2.11. The maximum Gasteiger partial charge on any atom is 0.0400 e. The molecule has 0 bridgehead atoms. The summed E-state index contributed by atoms with van der Waals surface area (Å²) < 4.78 is 0. The van der Waals surface area contributed by atoms with Crippen molar-refractivity contribution in [3.05, 3.63) is 77.4 Å². The Hall–Kier alpha value is -2.72. The maximum atomic E-state index is 6.00. The summed E-state index contributed by atoms with van der Waals surface area (Å²) >= 11 is 0. The van der Waals surface area contributed by atoms with Gasteiger partial charge in [-0.05, 0) is 42.3 Å². The van der Waals surface area contributed by atoms with Gasteiger partial charge in [0, 0.05) is 22.0 Å². The lowest BCUT2D eigenvalue weighted by Crippen LogP contribution is -1.85. The Morgan fingerprint density at radius 3 is 2.65 bits per heavy atom. The lowest BCUT2D eigenvalue weighted by molar-refractivity contribution is 1.45. The van der Waals surface area contributed by atoms with Crippen LogP contribution in [0.15, 0.2) is 48.5 Å². The van der Waals surface area contributed by atoms with Gasteiger partial charge in [0.25, 0.3) is 0 Å². The number of nitrogen functional groups attached to an aromatic ring is 1. The zero-order valence-electron chi connectivity index (χ0n) is 11.4. The molecule has 0 atom stereocenters. The van der Waals surface area contributed by atoms with Crippen molar-refractivity contribution in [3.63, 3.8) is 0 Å². The van der Waals surface area contributed by atoms with Gasteiger partial charge in [-0.3, -0.25) is 0 Å². The van der Waals surface area contributed by atoms with E-state index < -0.39 is 0 Å². The number of benzene rings is 2. The van der Waals surface area contributed by atoms with E-state index in [1.54, 1.807) is 0 Å². The largest absolute Gasteiger partial charge is 0.398 e. The van der Waals surface area contributed by atoms with Crippen molar-refractivity contribution in [1.82, 2.24) is 0 Å². The van der Waals surface area contributed by atoms with E-state index >= 15 is 0 Å². The molecule has 2 N–H and O–H groups in total. The smallest absolute Gasteiger partial charge is 0.0400 e. The lowest BCUT2D eigenvalue weighted by atomic mass is 10.1. The van der Waals surface area contributed by atoms with Crippen molar-refractivity contribution < 1.29 is 0 Å². The first-order valence-electron chi connectivity index (χ1n) is 6.60. The number of nitrogens with two attached hydrogens (primary N) is 1. The topological polar surface area (TPSA) is 26.0 Å². The number of fused-ring (bicyclic) bond motifs is 1. The highest BCUT2D eigenvalue weighted by molar-refractivity contribution is 5.93. The average Bonchev–Trinajstić information content (AvgIpc) is 2.47. The van der Waals surface area contributed by atoms with Gasteiger partial charge in [-0.2, -0.15) is 0 Å². The minimum Gasteiger partial charge on any atom is -0.398 e. The van der Waals surface area contributed by atoms with Crippen molar-refractivity contribution in [2.24, 2.45) is 0 Å². The summed E-state index contributed by atoms with van der Waals surface area (Å²) in [5, 5.41) is 2.02. The summed E-state index contributed by atoms with van der Waals surface area (Å²) in [5.41, 5.74) is 10.2. The number of hydrogen-bond donors (Lipinski definition) is 1. The molecule has 0 saturated heterocycles. The maximum absolute atomic E-state index is 6.00. The van der Waals surface area contributed by atoms with Crippen LogP contribution in [-0.4, -0.2) is 0 Å². The first-order chi connectivity index (χ1) is 9.74. The second-order valence-electron chi connectivity index (χ2n) is 4.85. The Bertz CT molecular complexity index is 785. The molecule has 0 heterocycles. The van der Waals surface area contributed by atoms with Gasteiger partial charge in [-0.1, -0.05) is 48.5 Å². The van der Waals surface area contributed by atoms with E-state index in [1.807, 2.05) is 36.4 Å². The van der Waals surface area contributed by atoms with Crippen LogP contribution >= 0.6 is 0 Å². The average molecular weight is 257 g/mol. The fourth-order valence-corrected chi connectivity index (χ4v) is 2.23. The standard InChI is InChI=1S/C19H15N/c1-14-5-2-3-6-16(14)11-9-15-10-12-17-7-4-8-19(20)18(17)13-15/h2-9,11,13H,20H2,1H3/b11-9-. The van der Waals surface area contributed by atoms with Crippen molar-refractivity contribution in [2.45, 2.75) is 6.92 Å². The second kappa shape index (κ2) is 5.11. The van der Waals surface area contributed by atoms with Gasteiger partial charge in [0.1, 0.15) is 0 Å². The van der Waals surface area contributed by atoms with Crippen LogP contribution in [0.2, 0.25) is 0 Å². The van der Waals surface area contributed by atoms with Gasteiger partial charge >= 0.3 is 0 Å². The minimum atomic E-state index is 0.776. The monoisotopic (exact) mass is 257 g/mol. The molecular formula is C19H15N. The predicted molar refractivity (Wildman–Crippen MR) is 86.1 cm³/mol. The fraction of sp³-hybridized carbons (Fsp3) is 0.0526. The highest BCUT2D eigenvalue weighted by atomic mass is 14.5. The molecule has 3 rings (SSSR count). The fourth-order valence-electron chi connectivity index (χ4n) is 2.23. The Morgan fingerprint density at radius 1 is 0.950 bits per heavy atom. The van der Waals surface area contributed by atoms with Crippen molar-refractivity contribution in [2.75, 3.05) is 5.73 Å². The van der Waals surface area contributed by atoms with E-state index in [0.717, 1.165) is 22.0 Å². The van der Waals surface area contributed by atoms with Gasteiger partial charge in [0.05, 0.1) is 0 Å².